The molecule has 0 unspecified atom stereocenters. The number of anilines is 1. The average Bonchev–Trinajstić information content (AvgIpc) is 3.45. The van der Waals surface area contributed by atoms with Crippen molar-refractivity contribution in [2.45, 2.75) is 58.7 Å². The topological polar surface area (TPSA) is 71.3 Å². The SMILES string of the molecule is CCN(C)Cc1nc2sc(N3CCC[C@@H]3C(=O)CCc3ccccc3)nc2c(=O)n1CC. The largest absolute Gasteiger partial charge is 0.338 e. The molecular formula is C24H31N5O2S. The maximum Gasteiger partial charge on any atom is 0.281 e. The standard InChI is InChI=1S/C24H31N5O2S/c1-4-27(3)16-20-25-22-21(23(31)28(20)5-2)26-24(32-22)29-15-9-12-18(29)19(30)14-13-17-10-7-6-8-11-17/h6-8,10-11,18H,4-5,9,12-16H2,1-3H3/t18-/m1/s1. The summed E-state index contributed by atoms with van der Waals surface area (Å²) < 4.78 is 1.71. The number of aromatic nitrogens is 3. The van der Waals surface area contributed by atoms with Gasteiger partial charge in [-0.3, -0.25) is 19.1 Å². The number of aryl methyl sites for hydroxylation is 1. The van der Waals surface area contributed by atoms with Crippen molar-refractivity contribution in [2.24, 2.45) is 0 Å². The molecule has 1 fully saturated rings. The Balaban J connectivity index is 1.58. The van der Waals surface area contributed by atoms with Crippen molar-refractivity contribution < 1.29 is 4.79 Å². The molecule has 32 heavy (non-hydrogen) atoms. The first kappa shape index (κ1) is 22.6. The Hall–Kier alpha value is -2.58. The summed E-state index contributed by atoms with van der Waals surface area (Å²) in [7, 11) is 2.02. The molecular weight excluding hydrogens is 422 g/mol. The van der Waals surface area contributed by atoms with Gasteiger partial charge in [-0.15, -0.1) is 0 Å². The molecule has 0 saturated carbocycles. The van der Waals surface area contributed by atoms with Crippen molar-refractivity contribution in [1.82, 2.24) is 19.4 Å². The van der Waals surface area contributed by atoms with E-state index in [0.29, 0.717) is 29.9 Å². The molecule has 1 saturated heterocycles. The molecule has 0 radical (unpaired) electrons. The fraction of sp³-hybridized carbons (Fsp3) is 0.500. The number of thiazole rings is 1. The second-order valence-corrected chi connectivity index (χ2v) is 9.32. The Morgan fingerprint density at radius 1 is 1.22 bits per heavy atom. The van der Waals surface area contributed by atoms with Gasteiger partial charge in [-0.25, -0.2) is 9.97 Å². The number of hydrogen-bond acceptors (Lipinski definition) is 7. The van der Waals surface area contributed by atoms with Gasteiger partial charge in [0.2, 0.25) is 0 Å². The van der Waals surface area contributed by atoms with Crippen LogP contribution < -0.4 is 10.5 Å². The molecule has 1 aromatic carbocycles. The number of Topliss-reactive ketones (excluding diaryl/α,β-unsaturated/α-hetero) is 1. The van der Waals surface area contributed by atoms with E-state index in [0.717, 1.165) is 43.3 Å². The van der Waals surface area contributed by atoms with Gasteiger partial charge < -0.3 is 4.90 Å². The second kappa shape index (κ2) is 9.92. The molecule has 4 rings (SSSR count). The molecule has 0 aliphatic carbocycles. The third-order valence-corrected chi connectivity index (χ3v) is 7.21. The van der Waals surface area contributed by atoms with Gasteiger partial charge in [0.25, 0.3) is 5.56 Å². The number of ketones is 1. The fourth-order valence-electron chi connectivity index (χ4n) is 4.27. The summed E-state index contributed by atoms with van der Waals surface area (Å²) in [6, 6.07) is 9.95. The van der Waals surface area contributed by atoms with Crippen LogP contribution in [-0.4, -0.2) is 51.4 Å². The monoisotopic (exact) mass is 453 g/mol. The van der Waals surface area contributed by atoms with Gasteiger partial charge in [0.15, 0.2) is 21.3 Å². The van der Waals surface area contributed by atoms with Crippen molar-refractivity contribution in [3.63, 3.8) is 0 Å². The summed E-state index contributed by atoms with van der Waals surface area (Å²) in [5, 5.41) is 0.740. The van der Waals surface area contributed by atoms with Crippen LogP contribution in [0.3, 0.4) is 0 Å². The molecule has 2 aromatic heterocycles. The van der Waals surface area contributed by atoms with E-state index in [9.17, 15) is 9.59 Å². The van der Waals surface area contributed by atoms with Crippen LogP contribution in [0.5, 0.6) is 0 Å². The van der Waals surface area contributed by atoms with E-state index in [4.69, 9.17) is 4.98 Å². The first-order chi connectivity index (χ1) is 15.5. The minimum atomic E-state index is -0.168. The minimum Gasteiger partial charge on any atom is -0.338 e. The van der Waals surface area contributed by atoms with Crippen LogP contribution >= 0.6 is 11.3 Å². The lowest BCUT2D eigenvalue weighted by molar-refractivity contribution is -0.120. The van der Waals surface area contributed by atoms with Gasteiger partial charge in [-0.1, -0.05) is 48.6 Å². The van der Waals surface area contributed by atoms with Crippen LogP contribution in [0, 0.1) is 0 Å². The van der Waals surface area contributed by atoms with E-state index in [2.05, 4.69) is 33.8 Å². The van der Waals surface area contributed by atoms with Crippen molar-refractivity contribution in [2.75, 3.05) is 25.0 Å². The zero-order valence-corrected chi connectivity index (χ0v) is 19.9. The maximum absolute atomic E-state index is 13.1. The molecule has 1 aliphatic rings. The van der Waals surface area contributed by atoms with Crippen molar-refractivity contribution in [3.8, 4) is 0 Å². The van der Waals surface area contributed by atoms with Gasteiger partial charge in [0.05, 0.1) is 12.6 Å². The lowest BCUT2D eigenvalue weighted by Gasteiger charge is -2.22. The van der Waals surface area contributed by atoms with Gasteiger partial charge in [0, 0.05) is 19.5 Å². The zero-order chi connectivity index (χ0) is 22.7. The number of rotatable bonds is 9. The predicted octanol–water partition coefficient (Wildman–Crippen LogP) is 3.50. The normalized spacial score (nSPS) is 16.4. The van der Waals surface area contributed by atoms with Crippen LogP contribution in [0.2, 0.25) is 0 Å². The van der Waals surface area contributed by atoms with Gasteiger partial charge in [-0.2, -0.15) is 0 Å². The fourth-order valence-corrected chi connectivity index (χ4v) is 5.30. The summed E-state index contributed by atoms with van der Waals surface area (Å²) in [6.07, 6.45) is 3.06. The molecule has 0 bridgehead atoms. The first-order valence-electron chi connectivity index (χ1n) is 11.4. The van der Waals surface area contributed by atoms with Gasteiger partial charge in [-0.05, 0) is 45.3 Å². The summed E-state index contributed by atoms with van der Waals surface area (Å²) in [6.45, 7) is 6.89. The second-order valence-electron chi connectivity index (χ2n) is 8.36. The summed E-state index contributed by atoms with van der Waals surface area (Å²) >= 11 is 1.43. The molecule has 3 aromatic rings. The Kier molecular flexibility index (Phi) is 7.01. The average molecular weight is 454 g/mol. The third kappa shape index (κ3) is 4.61. The number of carbonyl (C=O) groups excluding carboxylic acids is 1. The Bertz CT molecular complexity index is 1140. The first-order valence-corrected chi connectivity index (χ1v) is 12.3. The molecule has 1 atom stereocenters. The quantitative estimate of drug-likeness (QED) is 0.494. The van der Waals surface area contributed by atoms with E-state index in [1.165, 1.54) is 16.9 Å². The number of hydrogen-bond donors (Lipinski definition) is 0. The molecule has 1 aliphatic heterocycles. The minimum absolute atomic E-state index is 0.0920. The van der Waals surface area contributed by atoms with Crippen LogP contribution in [0.4, 0.5) is 5.13 Å². The summed E-state index contributed by atoms with van der Waals surface area (Å²) in [5.41, 5.74) is 1.50. The van der Waals surface area contributed by atoms with E-state index in [1.54, 1.807) is 4.57 Å². The highest BCUT2D eigenvalue weighted by Crippen LogP contribution is 2.32. The highest BCUT2D eigenvalue weighted by molar-refractivity contribution is 7.21. The summed E-state index contributed by atoms with van der Waals surface area (Å²) in [5.74, 6) is 1.01. The van der Waals surface area contributed by atoms with E-state index in [1.807, 2.05) is 32.2 Å². The van der Waals surface area contributed by atoms with Crippen LogP contribution in [0.25, 0.3) is 10.3 Å². The highest BCUT2D eigenvalue weighted by atomic mass is 32.1. The number of fused-ring (bicyclic) bond motifs is 1. The Morgan fingerprint density at radius 2 is 2.00 bits per heavy atom. The number of nitrogens with zero attached hydrogens (tertiary/aromatic N) is 5. The van der Waals surface area contributed by atoms with Crippen molar-refractivity contribution >= 4 is 32.6 Å². The molecule has 0 amide bonds. The van der Waals surface area contributed by atoms with Crippen LogP contribution in [0.1, 0.15) is 44.5 Å². The summed E-state index contributed by atoms with van der Waals surface area (Å²) in [4.78, 5) is 40.5. The predicted molar refractivity (Wildman–Crippen MR) is 129 cm³/mol. The van der Waals surface area contributed by atoms with Crippen molar-refractivity contribution in [1.29, 1.82) is 0 Å². The smallest absolute Gasteiger partial charge is 0.281 e. The Morgan fingerprint density at radius 3 is 2.72 bits per heavy atom. The van der Waals surface area contributed by atoms with Crippen molar-refractivity contribution in [3.05, 3.63) is 52.1 Å². The third-order valence-electron chi connectivity index (χ3n) is 6.23. The van der Waals surface area contributed by atoms with Crippen LogP contribution in [-0.2, 0) is 24.3 Å². The van der Waals surface area contributed by atoms with Crippen LogP contribution in [0.15, 0.2) is 35.1 Å². The molecule has 7 nitrogen and oxygen atoms in total. The Labute approximate surface area is 192 Å². The zero-order valence-electron chi connectivity index (χ0n) is 19.1. The highest BCUT2D eigenvalue weighted by Gasteiger charge is 2.32. The van der Waals surface area contributed by atoms with Gasteiger partial charge >= 0.3 is 0 Å². The molecule has 0 spiro atoms. The number of carbonyl (C=O) groups is 1. The lowest BCUT2D eigenvalue weighted by Crippen LogP contribution is -2.36. The van der Waals surface area contributed by atoms with E-state index < -0.39 is 0 Å². The molecule has 170 valence electrons. The maximum atomic E-state index is 13.1. The molecule has 3 heterocycles. The van der Waals surface area contributed by atoms with E-state index in [-0.39, 0.29) is 17.4 Å². The molecule has 8 heteroatoms. The van der Waals surface area contributed by atoms with Gasteiger partial charge in [0.1, 0.15) is 5.82 Å². The number of benzene rings is 1. The molecule has 0 N–H and O–H groups in total. The lowest BCUT2D eigenvalue weighted by atomic mass is 10.0. The van der Waals surface area contributed by atoms with E-state index >= 15 is 0 Å².